The van der Waals surface area contributed by atoms with Gasteiger partial charge in [-0.25, -0.2) is 4.98 Å². The average Bonchev–Trinajstić information content (AvgIpc) is 3.50. The lowest BCUT2D eigenvalue weighted by Gasteiger charge is -2.25. The van der Waals surface area contributed by atoms with E-state index in [4.69, 9.17) is 9.72 Å². The van der Waals surface area contributed by atoms with Gasteiger partial charge in [0.1, 0.15) is 10.6 Å². The van der Waals surface area contributed by atoms with Crippen molar-refractivity contribution in [2.75, 3.05) is 26.0 Å². The highest BCUT2D eigenvalue weighted by molar-refractivity contribution is 7.99. The molecule has 0 saturated heterocycles. The van der Waals surface area contributed by atoms with Gasteiger partial charge in [-0.2, -0.15) is 0 Å². The van der Waals surface area contributed by atoms with Crippen LogP contribution in [-0.4, -0.2) is 51.2 Å². The van der Waals surface area contributed by atoms with Crippen LogP contribution in [0.5, 0.6) is 5.75 Å². The first kappa shape index (κ1) is 21.9. The van der Waals surface area contributed by atoms with Gasteiger partial charge in [0.25, 0.3) is 5.56 Å². The standard InChI is InChI=1S/C24H24N4O3S2/c1-3-27-11-9-17-20(13-27)33-22-21(17)23(30)28(15-6-4-7-16(12-15)31-2)24(26-22)32-14-19(29)18-8-5-10-25-18/h4-8,10,12,25H,3,9,11,13-14H2,1-2H3. The molecule has 1 aliphatic heterocycles. The molecule has 0 fully saturated rings. The zero-order chi connectivity index (χ0) is 22.9. The van der Waals surface area contributed by atoms with Crippen molar-refractivity contribution in [2.45, 2.75) is 25.0 Å². The van der Waals surface area contributed by atoms with Gasteiger partial charge >= 0.3 is 0 Å². The van der Waals surface area contributed by atoms with E-state index >= 15 is 0 Å². The maximum absolute atomic E-state index is 13.9. The summed E-state index contributed by atoms with van der Waals surface area (Å²) in [6, 6.07) is 10.9. The zero-order valence-corrected chi connectivity index (χ0v) is 20.1. The van der Waals surface area contributed by atoms with Crippen LogP contribution in [-0.2, 0) is 13.0 Å². The molecule has 7 nitrogen and oxygen atoms in total. The van der Waals surface area contributed by atoms with Crippen LogP contribution in [0.2, 0.25) is 0 Å². The number of carbonyl (C=O) groups is 1. The molecule has 4 heterocycles. The molecule has 0 bridgehead atoms. The van der Waals surface area contributed by atoms with Crippen LogP contribution in [0.25, 0.3) is 15.9 Å². The minimum atomic E-state index is -0.0921. The number of aromatic nitrogens is 3. The van der Waals surface area contributed by atoms with Gasteiger partial charge in [0.2, 0.25) is 0 Å². The summed E-state index contributed by atoms with van der Waals surface area (Å²) in [7, 11) is 1.60. The van der Waals surface area contributed by atoms with Crippen molar-refractivity contribution in [2.24, 2.45) is 0 Å². The monoisotopic (exact) mass is 480 g/mol. The quantitative estimate of drug-likeness (QED) is 0.243. The summed E-state index contributed by atoms with van der Waals surface area (Å²) in [6.45, 7) is 4.92. The topological polar surface area (TPSA) is 80.2 Å². The van der Waals surface area contributed by atoms with Crippen molar-refractivity contribution in [1.29, 1.82) is 0 Å². The highest BCUT2D eigenvalue weighted by Crippen LogP contribution is 2.34. The number of hydrogen-bond acceptors (Lipinski definition) is 7. The normalized spacial score (nSPS) is 13.9. The number of rotatable bonds is 7. The molecule has 0 saturated carbocycles. The lowest BCUT2D eigenvalue weighted by molar-refractivity contribution is 0.101. The Morgan fingerprint density at radius 2 is 2.18 bits per heavy atom. The Hall–Kier alpha value is -2.88. The molecule has 4 aromatic rings. The summed E-state index contributed by atoms with van der Waals surface area (Å²) in [5.41, 5.74) is 2.25. The Balaban J connectivity index is 1.63. The van der Waals surface area contributed by atoms with E-state index in [2.05, 4.69) is 16.8 Å². The predicted molar refractivity (Wildman–Crippen MR) is 132 cm³/mol. The van der Waals surface area contributed by atoms with E-state index in [-0.39, 0.29) is 17.1 Å². The van der Waals surface area contributed by atoms with Crippen LogP contribution in [0.3, 0.4) is 0 Å². The number of carbonyl (C=O) groups excluding carboxylic acids is 1. The summed E-state index contributed by atoms with van der Waals surface area (Å²) >= 11 is 2.87. The largest absolute Gasteiger partial charge is 0.497 e. The molecular weight excluding hydrogens is 456 g/mol. The Labute approximate surface area is 199 Å². The first-order valence-corrected chi connectivity index (χ1v) is 12.6. The van der Waals surface area contributed by atoms with E-state index in [9.17, 15) is 9.59 Å². The number of ether oxygens (including phenoxy) is 1. The highest BCUT2D eigenvalue weighted by Gasteiger charge is 2.25. The van der Waals surface area contributed by atoms with Crippen molar-refractivity contribution in [3.63, 3.8) is 0 Å². The molecule has 1 aliphatic rings. The van der Waals surface area contributed by atoms with Gasteiger partial charge in [-0.15, -0.1) is 11.3 Å². The third kappa shape index (κ3) is 4.12. The lowest BCUT2D eigenvalue weighted by Crippen LogP contribution is -2.30. The number of benzene rings is 1. The molecule has 1 N–H and O–H groups in total. The fraction of sp³-hybridized carbons (Fsp3) is 0.292. The molecule has 0 spiro atoms. The SMILES string of the molecule is CCN1CCc2c(sc3nc(SCC(=O)c4ccc[nH]4)n(-c4cccc(OC)c4)c(=O)c23)C1. The van der Waals surface area contributed by atoms with Crippen LogP contribution in [0.1, 0.15) is 27.9 Å². The fourth-order valence-corrected chi connectivity index (χ4v) is 6.33. The number of nitrogens with zero attached hydrogens (tertiary/aromatic N) is 3. The molecule has 0 amide bonds. The summed E-state index contributed by atoms with van der Waals surface area (Å²) in [5, 5.41) is 1.21. The van der Waals surface area contributed by atoms with Gasteiger partial charge in [0.05, 0.1) is 29.6 Å². The minimum absolute atomic E-state index is 0.0411. The molecule has 170 valence electrons. The predicted octanol–water partition coefficient (Wildman–Crippen LogP) is 4.14. The Kier molecular flexibility index (Phi) is 6.09. The number of thiophene rings is 1. The third-order valence-corrected chi connectivity index (χ3v) is 7.96. The molecule has 9 heteroatoms. The van der Waals surface area contributed by atoms with Crippen molar-refractivity contribution in [3.8, 4) is 11.4 Å². The van der Waals surface area contributed by atoms with Crippen molar-refractivity contribution < 1.29 is 9.53 Å². The van der Waals surface area contributed by atoms with Crippen molar-refractivity contribution in [1.82, 2.24) is 19.4 Å². The van der Waals surface area contributed by atoms with E-state index in [1.54, 1.807) is 41.3 Å². The van der Waals surface area contributed by atoms with Crippen LogP contribution >= 0.6 is 23.1 Å². The van der Waals surface area contributed by atoms with Gasteiger partial charge in [-0.1, -0.05) is 24.8 Å². The third-order valence-electron chi connectivity index (χ3n) is 5.91. The molecule has 33 heavy (non-hydrogen) atoms. The number of aromatic amines is 1. The number of fused-ring (bicyclic) bond motifs is 3. The van der Waals surface area contributed by atoms with E-state index in [0.29, 0.717) is 27.7 Å². The molecule has 3 aromatic heterocycles. The number of Topliss-reactive ketones (excluding diaryl/α,β-unsaturated/α-hetero) is 1. The molecule has 0 radical (unpaired) electrons. The van der Waals surface area contributed by atoms with Gasteiger partial charge in [-0.05, 0) is 42.8 Å². The fourth-order valence-electron chi connectivity index (χ4n) is 4.13. The van der Waals surface area contributed by atoms with E-state index in [0.717, 1.165) is 36.4 Å². The molecule has 0 unspecified atom stereocenters. The maximum atomic E-state index is 13.9. The van der Waals surface area contributed by atoms with Gasteiger partial charge in [0.15, 0.2) is 10.9 Å². The average molecular weight is 481 g/mol. The number of ketones is 1. The van der Waals surface area contributed by atoms with Crippen molar-refractivity contribution >= 4 is 39.1 Å². The minimum Gasteiger partial charge on any atom is -0.497 e. The number of thioether (sulfide) groups is 1. The second kappa shape index (κ2) is 9.17. The van der Waals surface area contributed by atoms with E-state index in [1.807, 2.05) is 24.3 Å². The zero-order valence-electron chi connectivity index (χ0n) is 18.5. The second-order valence-corrected chi connectivity index (χ2v) is 9.86. The number of H-pyrrole nitrogens is 1. The van der Waals surface area contributed by atoms with E-state index < -0.39 is 0 Å². The number of hydrogen-bond donors (Lipinski definition) is 1. The lowest BCUT2D eigenvalue weighted by atomic mass is 10.1. The first-order chi connectivity index (χ1) is 16.1. The number of nitrogens with one attached hydrogen (secondary N) is 1. The molecule has 1 aromatic carbocycles. The van der Waals surface area contributed by atoms with Gasteiger partial charge in [0, 0.05) is 30.2 Å². The smallest absolute Gasteiger partial charge is 0.267 e. The second-order valence-electron chi connectivity index (χ2n) is 7.83. The molecular formula is C24H24N4O3S2. The first-order valence-electron chi connectivity index (χ1n) is 10.8. The highest BCUT2D eigenvalue weighted by atomic mass is 32.2. The van der Waals surface area contributed by atoms with Crippen LogP contribution in [0.15, 0.2) is 52.5 Å². The van der Waals surface area contributed by atoms with Crippen LogP contribution in [0.4, 0.5) is 0 Å². The Morgan fingerprint density at radius 3 is 2.94 bits per heavy atom. The summed E-state index contributed by atoms with van der Waals surface area (Å²) in [4.78, 5) is 38.7. The summed E-state index contributed by atoms with van der Waals surface area (Å²) < 4.78 is 7.01. The van der Waals surface area contributed by atoms with E-state index in [1.165, 1.54) is 16.6 Å². The summed E-state index contributed by atoms with van der Waals surface area (Å²) in [5.74, 6) is 0.793. The van der Waals surface area contributed by atoms with Crippen molar-refractivity contribution in [3.05, 3.63) is 69.1 Å². The molecule has 0 atom stereocenters. The summed E-state index contributed by atoms with van der Waals surface area (Å²) in [6.07, 6.45) is 2.57. The van der Waals surface area contributed by atoms with Crippen LogP contribution < -0.4 is 10.3 Å². The van der Waals surface area contributed by atoms with Gasteiger partial charge in [-0.3, -0.25) is 19.1 Å². The number of methoxy groups -OCH3 is 1. The van der Waals surface area contributed by atoms with Gasteiger partial charge < -0.3 is 9.72 Å². The Morgan fingerprint density at radius 1 is 1.30 bits per heavy atom. The maximum Gasteiger partial charge on any atom is 0.267 e. The molecule has 5 rings (SSSR count). The molecule has 0 aliphatic carbocycles. The number of likely N-dealkylation sites (N-methyl/N-ethyl adjacent to an activating group) is 1. The Bertz CT molecular complexity index is 1370. The van der Waals surface area contributed by atoms with Crippen LogP contribution in [0, 0.1) is 0 Å².